The lowest BCUT2D eigenvalue weighted by Gasteiger charge is -2.09. The van der Waals surface area contributed by atoms with Crippen LogP contribution in [0.4, 0.5) is 0 Å². The summed E-state index contributed by atoms with van der Waals surface area (Å²) in [5.74, 6) is 1.46. The summed E-state index contributed by atoms with van der Waals surface area (Å²) in [7, 11) is -3.76. The van der Waals surface area contributed by atoms with Gasteiger partial charge in [0.05, 0.1) is 21.7 Å². The van der Waals surface area contributed by atoms with Crippen molar-refractivity contribution in [2.45, 2.75) is 48.7 Å². The van der Waals surface area contributed by atoms with Gasteiger partial charge in [0.25, 0.3) is 0 Å². The number of aryl methyl sites for hydroxylation is 1. The van der Waals surface area contributed by atoms with E-state index in [1.807, 2.05) is 4.57 Å². The Labute approximate surface area is 162 Å². The third kappa shape index (κ3) is 4.40. The maximum Gasteiger partial charge on any atom is 0.238 e. The van der Waals surface area contributed by atoms with E-state index < -0.39 is 10.0 Å². The predicted molar refractivity (Wildman–Crippen MR) is 106 cm³/mol. The van der Waals surface area contributed by atoms with Crippen LogP contribution in [0.25, 0.3) is 11.0 Å². The second-order valence-electron chi connectivity index (χ2n) is 6.07. The molecule has 2 heterocycles. The number of aromatic nitrogens is 5. The van der Waals surface area contributed by atoms with Crippen molar-refractivity contribution in [3.05, 3.63) is 43.0 Å². The van der Waals surface area contributed by atoms with Gasteiger partial charge in [-0.1, -0.05) is 31.2 Å². The van der Waals surface area contributed by atoms with Gasteiger partial charge < -0.3 is 9.13 Å². The second-order valence-corrected chi connectivity index (χ2v) is 8.58. The van der Waals surface area contributed by atoms with Crippen LogP contribution in [0, 0.1) is 0 Å². The molecule has 0 radical (unpaired) electrons. The summed E-state index contributed by atoms with van der Waals surface area (Å²) in [5, 5.41) is 14.1. The number of hydrogen-bond donors (Lipinski definition) is 1. The average molecular weight is 407 g/mol. The van der Waals surface area contributed by atoms with Crippen LogP contribution in [-0.2, 0) is 28.9 Å². The molecule has 0 unspecified atom stereocenters. The van der Waals surface area contributed by atoms with E-state index >= 15 is 0 Å². The van der Waals surface area contributed by atoms with Crippen molar-refractivity contribution in [2.75, 3.05) is 0 Å². The lowest BCUT2D eigenvalue weighted by molar-refractivity contribution is 0.598. The number of nitrogens with zero attached hydrogens (tertiary/aromatic N) is 5. The highest BCUT2D eigenvalue weighted by Gasteiger charge is 2.16. The Balaban J connectivity index is 1.94. The summed E-state index contributed by atoms with van der Waals surface area (Å²) >= 11 is 1.53. The first kappa shape index (κ1) is 19.6. The normalized spacial score (nSPS) is 11.9. The minimum atomic E-state index is -3.76. The predicted octanol–water partition coefficient (Wildman–Crippen LogP) is 2.55. The van der Waals surface area contributed by atoms with E-state index in [-0.39, 0.29) is 4.90 Å². The second kappa shape index (κ2) is 8.24. The van der Waals surface area contributed by atoms with Crippen LogP contribution < -0.4 is 5.14 Å². The Bertz CT molecular complexity index is 1050. The highest BCUT2D eigenvalue weighted by Crippen LogP contribution is 2.26. The van der Waals surface area contributed by atoms with Crippen molar-refractivity contribution in [3.63, 3.8) is 0 Å². The van der Waals surface area contributed by atoms with E-state index in [2.05, 4.69) is 33.3 Å². The molecule has 2 aromatic heterocycles. The number of unbranched alkanes of at least 4 members (excludes halogenated alkanes) is 1. The Hall–Kier alpha value is -2.17. The molecule has 0 aliphatic carbocycles. The van der Waals surface area contributed by atoms with Crippen LogP contribution in [0.15, 0.2) is 47.2 Å². The Morgan fingerprint density at radius 1 is 1.37 bits per heavy atom. The van der Waals surface area contributed by atoms with Crippen LogP contribution in [0.1, 0.15) is 25.6 Å². The quantitative estimate of drug-likeness (QED) is 0.432. The standard InChI is InChI=1S/C17H22N6O2S2/c1-3-5-9-23-15-7-6-13(27(18,24)25)10-14(15)20-16(23)11-26-17-21-19-12-22(17)8-4-2/h4,6-7,10,12H,2-3,5,8-9,11H2,1H3,(H2,18,24,25). The molecule has 144 valence electrons. The molecule has 0 spiro atoms. The summed E-state index contributed by atoms with van der Waals surface area (Å²) < 4.78 is 27.3. The highest BCUT2D eigenvalue weighted by atomic mass is 32.2. The zero-order chi connectivity index (χ0) is 19.4. The van der Waals surface area contributed by atoms with Gasteiger partial charge in [-0.3, -0.25) is 0 Å². The van der Waals surface area contributed by atoms with Crippen molar-refractivity contribution in [1.29, 1.82) is 0 Å². The first-order chi connectivity index (χ1) is 12.9. The van der Waals surface area contributed by atoms with Crippen molar-refractivity contribution in [2.24, 2.45) is 5.14 Å². The molecular weight excluding hydrogens is 384 g/mol. The summed E-state index contributed by atoms with van der Waals surface area (Å²) in [4.78, 5) is 4.73. The molecule has 27 heavy (non-hydrogen) atoms. The lowest BCUT2D eigenvalue weighted by atomic mass is 10.3. The third-order valence-corrected chi connectivity index (χ3v) is 5.99. The molecular formula is C17H22N6O2S2. The minimum Gasteiger partial charge on any atom is -0.327 e. The molecule has 8 nitrogen and oxygen atoms in total. The topological polar surface area (TPSA) is 109 Å². The number of allylic oxidation sites excluding steroid dienone is 1. The van der Waals surface area contributed by atoms with Gasteiger partial charge in [0, 0.05) is 13.1 Å². The van der Waals surface area contributed by atoms with Gasteiger partial charge in [0.2, 0.25) is 10.0 Å². The summed E-state index contributed by atoms with van der Waals surface area (Å²) in [5.41, 5.74) is 1.53. The fourth-order valence-corrected chi connectivity index (χ4v) is 4.17. The molecule has 0 aliphatic heterocycles. The molecule has 0 amide bonds. The largest absolute Gasteiger partial charge is 0.327 e. The van der Waals surface area contributed by atoms with E-state index in [1.54, 1.807) is 18.5 Å². The lowest BCUT2D eigenvalue weighted by Crippen LogP contribution is -2.11. The molecule has 0 saturated heterocycles. The fraction of sp³-hybridized carbons (Fsp3) is 0.353. The van der Waals surface area contributed by atoms with Gasteiger partial charge in [0.15, 0.2) is 5.16 Å². The maximum atomic E-state index is 11.6. The van der Waals surface area contributed by atoms with Crippen molar-refractivity contribution < 1.29 is 8.42 Å². The van der Waals surface area contributed by atoms with E-state index in [4.69, 9.17) is 5.14 Å². The number of nitrogens with two attached hydrogens (primary N) is 1. The summed E-state index contributed by atoms with van der Waals surface area (Å²) in [6.07, 6.45) is 5.52. The molecule has 0 bridgehead atoms. The Morgan fingerprint density at radius 2 is 2.19 bits per heavy atom. The smallest absolute Gasteiger partial charge is 0.238 e. The van der Waals surface area contributed by atoms with Gasteiger partial charge in [-0.15, -0.1) is 16.8 Å². The first-order valence-corrected chi connectivity index (χ1v) is 11.1. The van der Waals surface area contributed by atoms with Crippen molar-refractivity contribution in [3.8, 4) is 0 Å². The van der Waals surface area contributed by atoms with E-state index in [0.717, 1.165) is 35.9 Å². The Morgan fingerprint density at radius 3 is 2.89 bits per heavy atom. The molecule has 0 aliphatic rings. The van der Waals surface area contributed by atoms with E-state index in [1.165, 1.54) is 23.9 Å². The fourth-order valence-electron chi connectivity index (χ4n) is 2.76. The first-order valence-electron chi connectivity index (χ1n) is 8.57. The molecule has 1 aromatic carbocycles. The third-order valence-electron chi connectivity index (χ3n) is 4.10. The summed E-state index contributed by atoms with van der Waals surface area (Å²) in [6, 6.07) is 4.83. The van der Waals surface area contributed by atoms with E-state index in [9.17, 15) is 8.42 Å². The number of benzene rings is 1. The van der Waals surface area contributed by atoms with Crippen LogP contribution in [0.2, 0.25) is 0 Å². The number of rotatable bonds is 9. The number of hydrogen-bond acceptors (Lipinski definition) is 6. The average Bonchev–Trinajstić information content (AvgIpc) is 3.21. The van der Waals surface area contributed by atoms with Gasteiger partial charge in [-0.25, -0.2) is 18.5 Å². The Kier molecular flexibility index (Phi) is 5.98. The minimum absolute atomic E-state index is 0.0695. The number of primary sulfonamides is 1. The SMILES string of the molecule is C=CCn1cnnc1SCc1nc2cc(S(N)(=O)=O)ccc2n1CCCC. The molecule has 0 fully saturated rings. The molecule has 0 atom stereocenters. The molecule has 3 aromatic rings. The van der Waals surface area contributed by atoms with Gasteiger partial charge >= 0.3 is 0 Å². The molecule has 3 rings (SSSR count). The van der Waals surface area contributed by atoms with Crippen LogP contribution in [-0.4, -0.2) is 32.7 Å². The zero-order valence-corrected chi connectivity index (χ0v) is 16.7. The van der Waals surface area contributed by atoms with Crippen molar-refractivity contribution >= 4 is 32.8 Å². The van der Waals surface area contributed by atoms with Crippen molar-refractivity contribution in [1.82, 2.24) is 24.3 Å². The van der Waals surface area contributed by atoms with Gasteiger partial charge in [-0.05, 0) is 24.6 Å². The van der Waals surface area contributed by atoms with Gasteiger partial charge in [0.1, 0.15) is 12.2 Å². The maximum absolute atomic E-state index is 11.6. The number of sulfonamides is 1. The van der Waals surface area contributed by atoms with E-state index in [0.29, 0.717) is 17.8 Å². The zero-order valence-electron chi connectivity index (χ0n) is 15.1. The summed E-state index contributed by atoms with van der Waals surface area (Å²) in [6.45, 7) is 7.32. The number of imidazole rings is 1. The molecule has 10 heteroatoms. The van der Waals surface area contributed by atoms with Crippen LogP contribution in [0.5, 0.6) is 0 Å². The van der Waals surface area contributed by atoms with Gasteiger partial charge in [-0.2, -0.15) is 0 Å². The highest BCUT2D eigenvalue weighted by molar-refractivity contribution is 7.98. The number of fused-ring (bicyclic) bond motifs is 1. The van der Waals surface area contributed by atoms with Crippen LogP contribution >= 0.6 is 11.8 Å². The number of thioether (sulfide) groups is 1. The van der Waals surface area contributed by atoms with Crippen LogP contribution in [0.3, 0.4) is 0 Å². The molecule has 2 N–H and O–H groups in total. The monoisotopic (exact) mass is 406 g/mol. The molecule has 0 saturated carbocycles.